The summed E-state index contributed by atoms with van der Waals surface area (Å²) in [7, 11) is 0. The number of piperazine rings is 1. The first-order valence-electron chi connectivity index (χ1n) is 12.3. The molecule has 0 spiro atoms. The normalized spacial score (nSPS) is 23.1. The predicted molar refractivity (Wildman–Crippen MR) is 124 cm³/mol. The Labute approximate surface area is 192 Å². The van der Waals surface area contributed by atoms with E-state index in [1.54, 1.807) is 0 Å². The molecule has 0 radical (unpaired) electrons. The number of nitrogens with zero attached hydrogens (tertiary/aromatic N) is 3. The van der Waals surface area contributed by atoms with Gasteiger partial charge in [0.25, 0.3) is 0 Å². The van der Waals surface area contributed by atoms with Crippen molar-refractivity contribution in [3.63, 3.8) is 0 Å². The lowest BCUT2D eigenvalue weighted by molar-refractivity contribution is -0.141. The highest BCUT2D eigenvalue weighted by Gasteiger charge is 2.31. The smallest absolute Gasteiger partial charge is 0.239 e. The summed E-state index contributed by atoms with van der Waals surface area (Å²) < 4.78 is 5.36. The van der Waals surface area contributed by atoms with Gasteiger partial charge in [-0.15, -0.1) is 0 Å². The van der Waals surface area contributed by atoms with E-state index in [2.05, 4.69) is 39.4 Å². The zero-order valence-corrected chi connectivity index (χ0v) is 19.4. The summed E-state index contributed by atoms with van der Waals surface area (Å²) >= 11 is 0. The molecule has 2 unspecified atom stereocenters. The molecule has 2 amide bonds. The Bertz CT molecular complexity index is 739. The number of hydrogen-bond acceptors (Lipinski definition) is 5. The summed E-state index contributed by atoms with van der Waals surface area (Å²) in [5.41, 5.74) is 1.22. The van der Waals surface area contributed by atoms with Crippen molar-refractivity contribution in [2.24, 2.45) is 5.92 Å². The summed E-state index contributed by atoms with van der Waals surface area (Å²) in [6.07, 6.45) is 4.89. The fourth-order valence-corrected chi connectivity index (χ4v) is 5.36. The van der Waals surface area contributed by atoms with Gasteiger partial charge in [0, 0.05) is 39.3 Å². The average Bonchev–Trinajstić information content (AvgIpc) is 3.38. The summed E-state index contributed by atoms with van der Waals surface area (Å²) in [4.78, 5) is 32.1. The molecule has 3 fully saturated rings. The van der Waals surface area contributed by atoms with Crippen LogP contribution >= 0.6 is 0 Å². The number of nitrogens with one attached hydrogen (secondary N) is 1. The van der Waals surface area contributed by atoms with Gasteiger partial charge in [-0.3, -0.25) is 19.4 Å². The Morgan fingerprint density at radius 3 is 2.31 bits per heavy atom. The molecule has 1 aromatic carbocycles. The quantitative estimate of drug-likeness (QED) is 0.699. The van der Waals surface area contributed by atoms with Gasteiger partial charge in [0.15, 0.2) is 0 Å². The largest absolute Gasteiger partial charge is 0.378 e. The maximum Gasteiger partial charge on any atom is 0.239 e. The Balaban J connectivity index is 1.26. The maximum atomic E-state index is 12.9. The van der Waals surface area contributed by atoms with Crippen LogP contribution in [0.1, 0.15) is 44.2 Å². The molecule has 176 valence electrons. The number of carbonyl (C=O) groups is 2. The van der Waals surface area contributed by atoms with Gasteiger partial charge in [0.05, 0.1) is 31.8 Å². The van der Waals surface area contributed by atoms with Crippen LogP contribution in [0.4, 0.5) is 0 Å². The monoisotopic (exact) mass is 442 g/mol. The van der Waals surface area contributed by atoms with Gasteiger partial charge in [-0.1, -0.05) is 43.2 Å². The van der Waals surface area contributed by atoms with Crippen LogP contribution in [0.15, 0.2) is 30.3 Å². The minimum Gasteiger partial charge on any atom is -0.378 e. The number of ether oxygens (including phenoxy) is 1. The molecule has 7 nitrogen and oxygen atoms in total. The number of hydrogen-bond donors (Lipinski definition) is 1. The summed E-state index contributed by atoms with van der Waals surface area (Å²) in [6, 6.07) is 10.4. The lowest BCUT2D eigenvalue weighted by Gasteiger charge is -2.39. The minimum atomic E-state index is -0.117. The zero-order chi connectivity index (χ0) is 22.3. The molecule has 1 aromatic rings. The Hall–Kier alpha value is -1.96. The third kappa shape index (κ3) is 5.88. The molecular weight excluding hydrogens is 404 g/mol. The van der Waals surface area contributed by atoms with Crippen molar-refractivity contribution in [3.05, 3.63) is 35.9 Å². The highest BCUT2D eigenvalue weighted by atomic mass is 16.5. The zero-order valence-electron chi connectivity index (χ0n) is 19.4. The van der Waals surface area contributed by atoms with Crippen LogP contribution in [0.5, 0.6) is 0 Å². The van der Waals surface area contributed by atoms with Crippen molar-refractivity contribution in [1.82, 2.24) is 20.0 Å². The lowest BCUT2D eigenvalue weighted by Crippen LogP contribution is -2.56. The Morgan fingerprint density at radius 2 is 1.66 bits per heavy atom. The molecule has 2 atom stereocenters. The molecule has 2 heterocycles. The first-order valence-corrected chi connectivity index (χ1v) is 12.3. The molecule has 0 bridgehead atoms. The molecule has 1 aliphatic carbocycles. The minimum absolute atomic E-state index is 0.108. The van der Waals surface area contributed by atoms with Crippen LogP contribution in [0.3, 0.4) is 0 Å². The van der Waals surface area contributed by atoms with Crippen molar-refractivity contribution >= 4 is 11.8 Å². The van der Waals surface area contributed by atoms with Gasteiger partial charge >= 0.3 is 0 Å². The number of carbonyl (C=O) groups excluding carboxylic acids is 2. The summed E-state index contributed by atoms with van der Waals surface area (Å²) in [5, 5.41) is 3.35. The maximum absolute atomic E-state index is 12.9. The van der Waals surface area contributed by atoms with Crippen LogP contribution in [0.25, 0.3) is 0 Å². The fourth-order valence-electron chi connectivity index (χ4n) is 5.36. The second kappa shape index (κ2) is 11.3. The van der Waals surface area contributed by atoms with Gasteiger partial charge in [-0.25, -0.2) is 0 Å². The van der Waals surface area contributed by atoms with E-state index in [1.165, 1.54) is 31.2 Å². The molecule has 3 aliphatic rings. The third-order valence-corrected chi connectivity index (χ3v) is 7.35. The van der Waals surface area contributed by atoms with E-state index >= 15 is 0 Å². The number of morpholine rings is 1. The van der Waals surface area contributed by atoms with E-state index < -0.39 is 0 Å². The van der Waals surface area contributed by atoms with Crippen molar-refractivity contribution in [2.75, 3.05) is 59.0 Å². The number of benzene rings is 1. The SMILES string of the molecule is CC(C(=O)N1CCOCC1)N1CCN(CC(=O)NC(c2ccccc2)C2CCCC2)CC1. The average molecular weight is 443 g/mol. The third-order valence-electron chi connectivity index (χ3n) is 7.35. The predicted octanol–water partition coefficient (Wildman–Crippen LogP) is 1.90. The Morgan fingerprint density at radius 1 is 1.00 bits per heavy atom. The number of amides is 2. The molecule has 1 N–H and O–H groups in total. The van der Waals surface area contributed by atoms with Crippen molar-refractivity contribution in [3.8, 4) is 0 Å². The van der Waals surface area contributed by atoms with Crippen LogP contribution in [-0.2, 0) is 14.3 Å². The van der Waals surface area contributed by atoms with Gasteiger partial charge < -0.3 is 15.0 Å². The summed E-state index contributed by atoms with van der Waals surface area (Å²) in [5.74, 6) is 0.837. The molecule has 0 aromatic heterocycles. The van der Waals surface area contributed by atoms with Gasteiger partial charge in [-0.2, -0.15) is 0 Å². The van der Waals surface area contributed by atoms with E-state index in [9.17, 15) is 9.59 Å². The molecule has 1 saturated carbocycles. The van der Waals surface area contributed by atoms with Gasteiger partial charge in [0.2, 0.25) is 11.8 Å². The molecule has 2 saturated heterocycles. The van der Waals surface area contributed by atoms with Gasteiger partial charge in [0.1, 0.15) is 0 Å². The van der Waals surface area contributed by atoms with E-state index in [4.69, 9.17) is 4.74 Å². The second-order valence-electron chi connectivity index (χ2n) is 9.43. The molecular formula is C25H38N4O3. The van der Waals surface area contributed by atoms with Crippen molar-refractivity contribution in [2.45, 2.75) is 44.7 Å². The van der Waals surface area contributed by atoms with Crippen LogP contribution < -0.4 is 5.32 Å². The molecule has 7 heteroatoms. The lowest BCUT2D eigenvalue weighted by atomic mass is 9.91. The highest BCUT2D eigenvalue weighted by Crippen LogP contribution is 2.35. The molecule has 2 aliphatic heterocycles. The van der Waals surface area contributed by atoms with Crippen molar-refractivity contribution in [1.29, 1.82) is 0 Å². The second-order valence-corrected chi connectivity index (χ2v) is 9.43. The van der Waals surface area contributed by atoms with Gasteiger partial charge in [-0.05, 0) is 31.2 Å². The van der Waals surface area contributed by atoms with Crippen LogP contribution in [-0.4, -0.2) is 91.6 Å². The standard InChI is InChI=1S/C25H38N4O3/c1-20(25(31)29-15-17-32-18-16-29)28-13-11-27(12-14-28)19-23(30)26-24(22-9-5-6-10-22)21-7-3-2-4-8-21/h2-4,7-8,20,22,24H,5-6,9-19H2,1H3,(H,26,30). The molecule has 4 rings (SSSR count). The van der Waals surface area contributed by atoms with Crippen LogP contribution in [0, 0.1) is 5.92 Å². The Kier molecular flexibility index (Phi) is 8.16. The van der Waals surface area contributed by atoms with Crippen molar-refractivity contribution < 1.29 is 14.3 Å². The first-order chi connectivity index (χ1) is 15.6. The highest BCUT2D eigenvalue weighted by molar-refractivity contribution is 5.81. The first kappa shape index (κ1) is 23.2. The van der Waals surface area contributed by atoms with E-state index in [-0.39, 0.29) is 23.9 Å². The fraction of sp³-hybridized carbons (Fsp3) is 0.680. The van der Waals surface area contributed by atoms with E-state index in [0.29, 0.717) is 38.8 Å². The molecule has 32 heavy (non-hydrogen) atoms. The van der Waals surface area contributed by atoms with Crippen LogP contribution in [0.2, 0.25) is 0 Å². The van der Waals surface area contributed by atoms with E-state index in [0.717, 1.165) is 26.2 Å². The van der Waals surface area contributed by atoms with E-state index in [1.807, 2.05) is 17.9 Å². The summed E-state index contributed by atoms with van der Waals surface area (Å²) in [6.45, 7) is 8.33. The topological polar surface area (TPSA) is 65.1 Å². The number of rotatable bonds is 7.